The molecule has 1 atom stereocenters. The van der Waals surface area contributed by atoms with Gasteiger partial charge in [-0.3, -0.25) is 4.79 Å². The van der Waals surface area contributed by atoms with Crippen LogP contribution in [0, 0.1) is 12.7 Å². The number of carbonyl (C=O) groups is 1. The topological polar surface area (TPSA) is 153 Å². The van der Waals surface area contributed by atoms with E-state index in [0.29, 0.717) is 44.7 Å². The summed E-state index contributed by atoms with van der Waals surface area (Å²) in [5.74, 6) is -1.26. The number of halogens is 1. The first-order valence-corrected chi connectivity index (χ1v) is 12.1. The van der Waals surface area contributed by atoms with Gasteiger partial charge in [-0.05, 0) is 36.6 Å². The van der Waals surface area contributed by atoms with Gasteiger partial charge < -0.3 is 24.6 Å². The van der Waals surface area contributed by atoms with Crippen LogP contribution in [0.25, 0.3) is 22.3 Å². The molecule has 3 aromatic heterocycles. The number of hydrogen-bond donors (Lipinski definition) is 3. The maximum atomic E-state index is 14.6. The third kappa shape index (κ3) is 3.27. The Morgan fingerprint density at radius 3 is 2.66 bits per heavy atom. The summed E-state index contributed by atoms with van der Waals surface area (Å²) < 4.78 is 22.7. The highest BCUT2D eigenvalue weighted by molar-refractivity contribution is 5.89. The van der Waals surface area contributed by atoms with Gasteiger partial charge in [0.1, 0.15) is 18.1 Å². The normalized spacial score (nSPS) is 17.9. The average molecular weight is 522 g/mol. The highest BCUT2D eigenvalue weighted by atomic mass is 19.1. The van der Waals surface area contributed by atoms with Crippen molar-refractivity contribution in [2.24, 2.45) is 0 Å². The van der Waals surface area contributed by atoms with Gasteiger partial charge in [0.15, 0.2) is 5.60 Å². The number of benzene rings is 1. The zero-order chi connectivity index (χ0) is 26.9. The predicted octanol–water partition coefficient (Wildman–Crippen LogP) is 1.15. The molecule has 11 nitrogen and oxygen atoms in total. The molecule has 38 heavy (non-hydrogen) atoms. The van der Waals surface area contributed by atoms with E-state index in [1.165, 1.54) is 15.3 Å². The molecule has 0 unspecified atom stereocenters. The molecule has 2 aliphatic rings. The number of aliphatic hydroxyl groups excluding tert-OH is 2. The van der Waals surface area contributed by atoms with E-state index in [-0.39, 0.29) is 42.9 Å². The van der Waals surface area contributed by atoms with Crippen LogP contribution in [-0.4, -0.2) is 45.8 Å². The second-order valence-electron chi connectivity index (χ2n) is 9.60. The lowest BCUT2D eigenvalue weighted by Gasteiger charge is -2.31. The van der Waals surface area contributed by atoms with Gasteiger partial charge in [-0.25, -0.2) is 18.9 Å². The summed E-state index contributed by atoms with van der Waals surface area (Å²) in [6, 6.07) is 4.59. The van der Waals surface area contributed by atoms with Crippen LogP contribution in [0.3, 0.4) is 0 Å². The third-order valence-corrected chi connectivity index (χ3v) is 7.61. The maximum absolute atomic E-state index is 14.6. The molecule has 6 rings (SSSR count). The number of hydrogen-bond acceptors (Lipinski definition) is 9. The van der Waals surface area contributed by atoms with Crippen LogP contribution in [0.5, 0.6) is 0 Å². The van der Waals surface area contributed by atoms with E-state index < -0.39 is 36.2 Å². The highest BCUT2D eigenvalue weighted by Crippen LogP contribution is 2.40. The number of esters is 1. The van der Waals surface area contributed by atoms with E-state index in [4.69, 9.17) is 9.72 Å². The zero-order valence-electron chi connectivity index (χ0n) is 20.7. The Labute approximate surface area is 214 Å². The van der Waals surface area contributed by atoms with Gasteiger partial charge in [0.25, 0.3) is 5.56 Å². The second kappa shape index (κ2) is 8.51. The van der Waals surface area contributed by atoms with E-state index >= 15 is 0 Å². The van der Waals surface area contributed by atoms with Gasteiger partial charge in [0.2, 0.25) is 0 Å². The fourth-order valence-electron chi connectivity index (χ4n) is 5.41. The Balaban J connectivity index is 1.63. The van der Waals surface area contributed by atoms with E-state index in [2.05, 4.69) is 10.3 Å². The molecule has 196 valence electrons. The van der Waals surface area contributed by atoms with Gasteiger partial charge >= 0.3 is 5.97 Å². The first kappa shape index (κ1) is 24.3. The second-order valence-corrected chi connectivity index (χ2v) is 9.60. The number of rotatable bonds is 5. The minimum atomic E-state index is -1.97. The lowest BCUT2D eigenvalue weighted by Crippen LogP contribution is -2.44. The molecule has 2 aliphatic heterocycles. The van der Waals surface area contributed by atoms with Gasteiger partial charge in [0.05, 0.1) is 54.5 Å². The summed E-state index contributed by atoms with van der Waals surface area (Å²) >= 11 is 0. The molecular formula is C26H24FN5O6. The first-order valence-electron chi connectivity index (χ1n) is 12.1. The molecule has 0 saturated carbocycles. The fourth-order valence-corrected chi connectivity index (χ4v) is 5.41. The zero-order valence-corrected chi connectivity index (χ0v) is 20.7. The highest BCUT2D eigenvalue weighted by Gasteiger charge is 2.45. The van der Waals surface area contributed by atoms with Gasteiger partial charge in [-0.2, -0.15) is 0 Å². The standard InChI is InChI=1S/C26H24FN5O6/c1-3-26(37)17-5-21-23-15(7-31(21)24(35)16(17)11-38-25(26)36)14(8-32-22(10-34)20(9-33)29-30-32)13-4-12(2)18(27)6-19(13)28-23/h4-6,33-34,37H,3,7-11H2,1-2H3/t26-/m0/s1. The van der Waals surface area contributed by atoms with E-state index in [9.17, 15) is 29.3 Å². The van der Waals surface area contributed by atoms with Crippen LogP contribution in [-0.2, 0) is 48.0 Å². The lowest BCUT2D eigenvalue weighted by molar-refractivity contribution is -0.172. The minimum Gasteiger partial charge on any atom is -0.458 e. The number of aryl methyl sites for hydroxylation is 1. The number of pyridine rings is 2. The Morgan fingerprint density at radius 1 is 1.16 bits per heavy atom. The lowest BCUT2D eigenvalue weighted by atomic mass is 9.86. The van der Waals surface area contributed by atoms with E-state index in [1.807, 2.05) is 0 Å². The molecule has 3 N–H and O–H groups in total. The molecule has 0 fully saturated rings. The Bertz CT molecular complexity index is 1730. The summed E-state index contributed by atoms with van der Waals surface area (Å²) in [5, 5.41) is 39.3. The Morgan fingerprint density at radius 2 is 1.95 bits per heavy atom. The van der Waals surface area contributed by atoms with Gasteiger partial charge in [-0.1, -0.05) is 12.1 Å². The van der Waals surface area contributed by atoms with E-state index in [1.54, 1.807) is 26.0 Å². The van der Waals surface area contributed by atoms with Crippen LogP contribution in [0.1, 0.15) is 52.5 Å². The number of nitrogens with zero attached hydrogens (tertiary/aromatic N) is 5. The number of carbonyl (C=O) groups excluding carboxylic acids is 1. The predicted molar refractivity (Wildman–Crippen MR) is 130 cm³/mol. The number of cyclic esters (lactones) is 1. The molecule has 0 spiro atoms. The fraction of sp³-hybridized carbons (Fsp3) is 0.346. The molecule has 0 radical (unpaired) electrons. The van der Waals surface area contributed by atoms with Crippen LogP contribution in [0.2, 0.25) is 0 Å². The summed E-state index contributed by atoms with van der Waals surface area (Å²) in [7, 11) is 0. The van der Waals surface area contributed by atoms with Crippen molar-refractivity contribution in [2.45, 2.75) is 58.8 Å². The quantitative estimate of drug-likeness (QED) is 0.289. The van der Waals surface area contributed by atoms with Crippen LogP contribution >= 0.6 is 0 Å². The van der Waals surface area contributed by atoms with E-state index in [0.717, 1.165) is 0 Å². The molecule has 0 bridgehead atoms. The van der Waals surface area contributed by atoms with Crippen molar-refractivity contribution in [1.82, 2.24) is 24.5 Å². The van der Waals surface area contributed by atoms with Gasteiger partial charge in [0, 0.05) is 22.6 Å². The number of aliphatic hydroxyl groups is 3. The van der Waals surface area contributed by atoms with Crippen molar-refractivity contribution in [3.05, 3.63) is 73.6 Å². The molecule has 0 saturated heterocycles. The summed E-state index contributed by atoms with van der Waals surface area (Å²) in [6.45, 7) is 2.46. The number of aromatic nitrogens is 5. The van der Waals surface area contributed by atoms with Crippen LogP contribution in [0.15, 0.2) is 23.0 Å². The summed E-state index contributed by atoms with van der Waals surface area (Å²) in [5.41, 5.74) is 1.51. The first-order chi connectivity index (χ1) is 18.2. The van der Waals surface area contributed by atoms with Crippen molar-refractivity contribution >= 4 is 16.9 Å². The molecule has 5 heterocycles. The molecular weight excluding hydrogens is 497 g/mol. The van der Waals surface area contributed by atoms with Gasteiger partial charge in [-0.15, -0.1) is 5.10 Å². The van der Waals surface area contributed by atoms with Crippen molar-refractivity contribution in [2.75, 3.05) is 0 Å². The van der Waals surface area contributed by atoms with Crippen molar-refractivity contribution < 1.29 is 29.2 Å². The Hall–Kier alpha value is -4.00. The monoisotopic (exact) mass is 521 g/mol. The summed E-state index contributed by atoms with van der Waals surface area (Å²) in [6.07, 6.45) is 0.0128. The SMILES string of the molecule is CC[C@@]1(O)C(=O)OCc2c1cc1n(c2=O)Cc2c-1nc1cc(F)c(C)cc1c2Cn1nnc(CO)c1CO. The Kier molecular flexibility index (Phi) is 5.45. The largest absolute Gasteiger partial charge is 0.458 e. The molecule has 0 aliphatic carbocycles. The molecule has 12 heteroatoms. The minimum absolute atomic E-state index is 0.0128. The van der Waals surface area contributed by atoms with Crippen molar-refractivity contribution in [1.29, 1.82) is 0 Å². The molecule has 0 amide bonds. The maximum Gasteiger partial charge on any atom is 0.343 e. The van der Waals surface area contributed by atoms with Crippen molar-refractivity contribution in [3.63, 3.8) is 0 Å². The van der Waals surface area contributed by atoms with Crippen LogP contribution < -0.4 is 5.56 Å². The number of ether oxygens (including phenoxy) is 1. The molecule has 1 aromatic carbocycles. The van der Waals surface area contributed by atoms with Crippen LogP contribution in [0.4, 0.5) is 4.39 Å². The third-order valence-electron chi connectivity index (χ3n) is 7.61. The average Bonchev–Trinajstić information content (AvgIpc) is 3.48. The smallest absolute Gasteiger partial charge is 0.343 e. The number of fused-ring (bicyclic) bond motifs is 5. The molecule has 4 aromatic rings. The van der Waals surface area contributed by atoms with Crippen molar-refractivity contribution in [3.8, 4) is 11.4 Å². The summed E-state index contributed by atoms with van der Waals surface area (Å²) in [4.78, 5) is 30.8.